The van der Waals surface area contributed by atoms with Crippen LogP contribution in [0.3, 0.4) is 0 Å². The van der Waals surface area contributed by atoms with Gasteiger partial charge < -0.3 is 47.3 Å². The van der Waals surface area contributed by atoms with E-state index in [0.29, 0.717) is 30.2 Å². The standard InChI is InChI=1S/C24H29N11O8S2/c1-24(2,22(41)42)43-31-13(16-30-23(26)45-32-16)18(37)29-14-19(38)35-15(21(39)40)10(9-44-20(14)35)7-33-8-11(28-12(36)6-25)17-27-4-3-5-34(17)33/h8,14,20H,3-7,9,25H2,1-2H3,(H6,26,28,29,30,32,36,37,39,40,41,42)/b31-13-/t14-,20-/m1/s1. The molecule has 0 saturated carbocycles. The number of hydrogen-bond acceptors (Lipinski definition) is 15. The Kier molecular flexibility index (Phi) is 8.67. The fourth-order valence-electron chi connectivity index (χ4n) is 4.75. The molecule has 0 aliphatic carbocycles. The molecule has 3 aliphatic heterocycles. The second kappa shape index (κ2) is 12.3. The van der Waals surface area contributed by atoms with Crippen molar-refractivity contribution in [3.05, 3.63) is 23.3 Å². The van der Waals surface area contributed by atoms with Crippen molar-refractivity contribution in [1.29, 1.82) is 0 Å². The lowest BCUT2D eigenvalue weighted by molar-refractivity contribution is -0.767. The number of β-lactam (4-membered cyclic amide) rings is 1. The number of aliphatic carboxylic acids is 2. The fourth-order valence-corrected chi connectivity index (χ4v) is 6.52. The van der Waals surface area contributed by atoms with Crippen LogP contribution in [0.15, 0.2) is 22.6 Å². The Hall–Kier alpha value is -4.76. The second-order valence-corrected chi connectivity index (χ2v) is 12.4. The van der Waals surface area contributed by atoms with E-state index in [1.807, 2.05) is 4.68 Å². The smallest absolute Gasteiger partial charge is 0.350 e. The number of amides is 3. The highest BCUT2D eigenvalue weighted by molar-refractivity contribution is 8.00. The van der Waals surface area contributed by atoms with Crippen molar-refractivity contribution in [2.24, 2.45) is 10.9 Å². The van der Waals surface area contributed by atoms with Crippen LogP contribution in [0, 0.1) is 0 Å². The number of thioether (sulfide) groups is 1. The summed E-state index contributed by atoms with van der Waals surface area (Å²) in [6.45, 7) is 3.55. The maximum atomic E-state index is 13.3. The molecule has 0 aromatic carbocycles. The molecule has 3 amide bonds. The number of carboxylic acids is 2. The van der Waals surface area contributed by atoms with E-state index in [1.165, 1.54) is 25.6 Å². The molecule has 45 heavy (non-hydrogen) atoms. The lowest BCUT2D eigenvalue weighted by Crippen LogP contribution is -2.71. The molecule has 2 atom stereocenters. The molecule has 1 fully saturated rings. The molecule has 21 heteroatoms. The predicted octanol–water partition coefficient (Wildman–Crippen LogP) is -3.39. The summed E-state index contributed by atoms with van der Waals surface area (Å²) in [7, 11) is 0. The molecule has 2 aromatic heterocycles. The first-order valence-electron chi connectivity index (χ1n) is 13.5. The molecule has 19 nitrogen and oxygen atoms in total. The number of carboxylic acid groups (broad SMARTS) is 2. The first-order chi connectivity index (χ1) is 21.3. The third-order valence-corrected chi connectivity index (χ3v) is 8.91. The number of nitrogens with one attached hydrogen (secondary N) is 3. The summed E-state index contributed by atoms with van der Waals surface area (Å²) in [5.74, 6) is -4.43. The van der Waals surface area contributed by atoms with Crippen molar-refractivity contribution in [3.8, 4) is 0 Å². The van der Waals surface area contributed by atoms with Crippen LogP contribution in [-0.2, 0) is 41.9 Å². The molecular weight excluding hydrogens is 634 g/mol. The molecule has 0 bridgehead atoms. The Bertz CT molecular complexity index is 1650. The predicted molar refractivity (Wildman–Crippen MR) is 156 cm³/mol. The number of aromatic nitrogens is 4. The van der Waals surface area contributed by atoms with Crippen LogP contribution in [0.4, 0.5) is 16.6 Å². The molecule has 5 rings (SSSR count). The van der Waals surface area contributed by atoms with Crippen molar-refractivity contribution >= 4 is 75.3 Å². The average Bonchev–Trinajstić information content (AvgIpc) is 3.58. The number of nitrogen functional groups attached to an aromatic ring is 1. The van der Waals surface area contributed by atoms with Crippen molar-refractivity contribution in [2.45, 2.75) is 50.4 Å². The SMILES string of the molecule is CC(C)(O/N=C(\C(=O)N[C@@H]1C(=O)N2C(C(=O)[O-])=C(C[n+]3cc(NC(=O)CN)c4n3CCCN4)CS[C@H]12)c1nsc(N)n1)C(=O)O. The number of oxime groups is 1. The number of rotatable bonds is 11. The van der Waals surface area contributed by atoms with Gasteiger partial charge in [0.1, 0.15) is 11.4 Å². The van der Waals surface area contributed by atoms with Crippen LogP contribution in [0.2, 0.25) is 0 Å². The zero-order chi connectivity index (χ0) is 32.6. The van der Waals surface area contributed by atoms with Crippen molar-refractivity contribution in [3.63, 3.8) is 0 Å². The highest BCUT2D eigenvalue weighted by Gasteiger charge is 2.53. The Morgan fingerprint density at radius 2 is 2.11 bits per heavy atom. The summed E-state index contributed by atoms with van der Waals surface area (Å²) < 4.78 is 7.53. The Morgan fingerprint density at radius 1 is 1.36 bits per heavy atom. The molecule has 0 spiro atoms. The van der Waals surface area contributed by atoms with E-state index in [9.17, 15) is 34.2 Å². The lowest BCUT2D eigenvalue weighted by Gasteiger charge is -2.50. The number of carbonyl (C=O) groups excluding carboxylic acids is 4. The Morgan fingerprint density at radius 3 is 2.76 bits per heavy atom. The normalized spacial score (nSPS) is 19.6. The summed E-state index contributed by atoms with van der Waals surface area (Å²) in [5, 5.41) is 33.0. The van der Waals surface area contributed by atoms with Crippen molar-refractivity contribution < 1.29 is 43.7 Å². The third kappa shape index (κ3) is 6.13. The average molecular weight is 664 g/mol. The van der Waals surface area contributed by atoms with Gasteiger partial charge in [-0.25, -0.2) is 4.79 Å². The van der Waals surface area contributed by atoms with Crippen molar-refractivity contribution in [1.82, 2.24) is 24.3 Å². The van der Waals surface area contributed by atoms with Gasteiger partial charge in [0, 0.05) is 29.4 Å². The zero-order valence-corrected chi connectivity index (χ0v) is 25.6. The van der Waals surface area contributed by atoms with E-state index in [4.69, 9.17) is 16.3 Å². The number of hydrogen-bond donors (Lipinski definition) is 6. The summed E-state index contributed by atoms with van der Waals surface area (Å²) >= 11 is 1.98. The Labute approximate surface area is 262 Å². The van der Waals surface area contributed by atoms with Gasteiger partial charge in [-0.3, -0.25) is 19.3 Å². The quantitative estimate of drug-likeness (QED) is 0.0592. The van der Waals surface area contributed by atoms with E-state index < -0.39 is 52.4 Å². The van der Waals surface area contributed by atoms with Crippen LogP contribution in [0.1, 0.15) is 26.1 Å². The number of nitrogens with two attached hydrogens (primary N) is 2. The molecule has 8 N–H and O–H groups in total. The molecule has 3 aliphatic rings. The number of fused-ring (bicyclic) bond motifs is 2. The van der Waals surface area contributed by atoms with Gasteiger partial charge in [-0.15, -0.1) is 21.1 Å². The van der Waals surface area contributed by atoms with Crippen molar-refractivity contribution in [2.75, 3.05) is 35.2 Å². The van der Waals surface area contributed by atoms with E-state index in [2.05, 4.69) is 30.5 Å². The molecule has 0 unspecified atom stereocenters. The highest BCUT2D eigenvalue weighted by atomic mass is 32.2. The first kappa shape index (κ1) is 31.7. The summed E-state index contributed by atoms with van der Waals surface area (Å²) in [4.78, 5) is 72.4. The minimum atomic E-state index is -1.82. The molecular formula is C24H29N11O8S2. The summed E-state index contributed by atoms with van der Waals surface area (Å²) in [6.07, 6.45) is 2.45. The largest absolute Gasteiger partial charge is 0.543 e. The molecule has 1 saturated heterocycles. The summed E-state index contributed by atoms with van der Waals surface area (Å²) in [5.41, 5.74) is 9.29. The number of carbonyl (C=O) groups is 5. The van der Waals surface area contributed by atoms with Gasteiger partial charge in [-0.2, -0.15) is 9.36 Å². The van der Waals surface area contributed by atoms with Crippen LogP contribution in [-0.4, -0.2) is 95.3 Å². The topological polar surface area (TPSA) is 276 Å². The van der Waals surface area contributed by atoms with Gasteiger partial charge >= 0.3 is 5.97 Å². The molecule has 240 valence electrons. The number of nitrogens with zero attached hydrogens (tertiary/aromatic N) is 6. The first-order valence-corrected chi connectivity index (χ1v) is 15.3. The van der Waals surface area contributed by atoms with E-state index in [-0.39, 0.29) is 35.5 Å². The van der Waals surface area contributed by atoms with Crippen LogP contribution in [0.5, 0.6) is 0 Å². The van der Waals surface area contributed by atoms with Gasteiger partial charge in [0.2, 0.25) is 29.2 Å². The van der Waals surface area contributed by atoms with E-state index in [0.717, 1.165) is 22.9 Å². The van der Waals surface area contributed by atoms with Gasteiger partial charge in [-0.1, -0.05) is 5.16 Å². The maximum absolute atomic E-state index is 13.3. The van der Waals surface area contributed by atoms with Gasteiger partial charge in [0.05, 0.1) is 24.8 Å². The Balaban J connectivity index is 1.37. The summed E-state index contributed by atoms with van der Waals surface area (Å²) in [6, 6.07) is -1.16. The van der Waals surface area contributed by atoms with E-state index in [1.54, 1.807) is 10.9 Å². The fraction of sp³-hybridized carbons (Fsp3) is 0.458. The molecule has 5 heterocycles. The zero-order valence-electron chi connectivity index (χ0n) is 23.9. The van der Waals surface area contributed by atoms with Crippen LogP contribution in [0.25, 0.3) is 0 Å². The maximum Gasteiger partial charge on any atom is 0.350 e. The van der Waals surface area contributed by atoms with E-state index >= 15 is 0 Å². The van der Waals surface area contributed by atoms with Gasteiger partial charge in [-0.05, 0) is 20.3 Å². The minimum absolute atomic E-state index is 0.000206. The minimum Gasteiger partial charge on any atom is -0.543 e. The number of anilines is 3. The van der Waals surface area contributed by atoms with Gasteiger partial charge in [0.15, 0.2) is 23.2 Å². The lowest BCUT2D eigenvalue weighted by atomic mass is 10.0. The second-order valence-electron chi connectivity index (χ2n) is 10.5. The van der Waals surface area contributed by atoms with Crippen LogP contribution >= 0.6 is 23.3 Å². The van der Waals surface area contributed by atoms with Crippen LogP contribution < -0.4 is 37.2 Å². The third-order valence-electron chi connectivity index (χ3n) is 7.03. The highest BCUT2D eigenvalue weighted by Crippen LogP contribution is 2.40. The van der Waals surface area contributed by atoms with Gasteiger partial charge in [0.25, 0.3) is 11.8 Å². The molecule has 2 aromatic rings. The molecule has 0 radical (unpaired) electrons. The monoisotopic (exact) mass is 663 g/mol.